The van der Waals surface area contributed by atoms with Gasteiger partial charge in [-0.3, -0.25) is 14.5 Å². The lowest BCUT2D eigenvalue weighted by Gasteiger charge is -2.40. The Labute approximate surface area is 516 Å². The maximum absolute atomic E-state index is 14.6. The second-order valence-corrected chi connectivity index (χ2v) is 27.1. The fourth-order valence-electron chi connectivity index (χ4n) is 13.1. The molecule has 1 rings (SSSR count). The molecule has 1 saturated heterocycles. The lowest BCUT2D eigenvalue weighted by Crippen LogP contribution is -2.64. The van der Waals surface area contributed by atoms with Crippen molar-refractivity contribution in [1.29, 1.82) is 0 Å². The molecule has 10 heteroatoms. The summed E-state index contributed by atoms with van der Waals surface area (Å²) in [5.41, 5.74) is 0. The largest absolute Gasteiger partial charge is 0.392 e. The summed E-state index contributed by atoms with van der Waals surface area (Å²) in [5, 5.41) is 48.6. The maximum atomic E-state index is 14.6. The molecular formula is C73H146N4O6. The van der Waals surface area contributed by atoms with Gasteiger partial charge in [-0.15, -0.1) is 0 Å². The van der Waals surface area contributed by atoms with Crippen LogP contribution in [0, 0.1) is 5.92 Å². The van der Waals surface area contributed by atoms with Gasteiger partial charge in [0.1, 0.15) is 12.1 Å². The fraction of sp³-hybridized carbons (Fsp3) is 0.973. The van der Waals surface area contributed by atoms with E-state index in [4.69, 9.17) is 0 Å². The molecule has 5 N–H and O–H groups in total. The Morgan fingerprint density at radius 2 is 0.651 bits per heavy atom. The van der Waals surface area contributed by atoms with E-state index in [2.05, 4.69) is 56.7 Å². The van der Waals surface area contributed by atoms with Crippen LogP contribution >= 0.6 is 0 Å². The number of aliphatic hydroxyl groups is 4. The molecule has 0 aromatic carbocycles. The van der Waals surface area contributed by atoms with E-state index in [9.17, 15) is 30.0 Å². The van der Waals surface area contributed by atoms with Crippen LogP contribution in [-0.2, 0) is 9.59 Å². The van der Waals surface area contributed by atoms with Crippen LogP contribution < -0.4 is 5.32 Å². The number of unbranched alkanes of at least 4 members (excludes halogenated alkanes) is 37. The van der Waals surface area contributed by atoms with Crippen molar-refractivity contribution in [3.8, 4) is 0 Å². The molecular weight excluding hydrogens is 1030 g/mol. The van der Waals surface area contributed by atoms with E-state index in [0.29, 0.717) is 44.8 Å². The molecule has 0 saturated carbocycles. The average molecular weight is 1180 g/mol. The Balaban J connectivity index is 3.04. The minimum Gasteiger partial charge on any atom is -0.392 e. The topological polar surface area (TPSA) is 137 Å². The Bertz CT molecular complexity index is 1330. The molecule has 0 bridgehead atoms. The number of β-amino-alcohol motifs (C(OH)–C–C–N with tert-alkyl or cyclic N) is 1. The molecule has 83 heavy (non-hydrogen) atoms. The molecule has 1 heterocycles. The van der Waals surface area contributed by atoms with Gasteiger partial charge in [-0.2, -0.15) is 0 Å². The van der Waals surface area contributed by atoms with Crippen molar-refractivity contribution < 1.29 is 30.0 Å². The van der Waals surface area contributed by atoms with Crippen LogP contribution in [0.3, 0.4) is 0 Å². The fourth-order valence-corrected chi connectivity index (χ4v) is 13.1. The second kappa shape index (κ2) is 58.4. The lowest BCUT2D eigenvalue weighted by atomic mass is 9.97. The standard InChI is InChI=1S/C73H146N4O6/c1-7-12-17-22-27-32-37-42-51-65(6)60-75(61-66(78)52-43-38-33-28-23-18-13-8-2)58-49-47-56-70-73(83)77(64-69(81)55-46-41-36-31-26-21-16-11-5)71(72(82)74-70)57-48-50-59-76(62-67(79)53-44-39-34-29-24-19-14-9-3)63-68(80)54-45-40-35-30-25-20-15-10-4/h65-71,78-81H,7-64H2,1-6H3,(H,74,82). The number of piperazine rings is 1. The molecule has 1 fully saturated rings. The minimum atomic E-state index is -0.674. The van der Waals surface area contributed by atoms with Crippen LogP contribution in [0.2, 0.25) is 0 Å². The van der Waals surface area contributed by atoms with Crippen molar-refractivity contribution in [2.24, 2.45) is 5.92 Å². The summed E-state index contributed by atoms with van der Waals surface area (Å²) in [6, 6.07) is -1.22. The third-order valence-electron chi connectivity index (χ3n) is 18.5. The monoisotopic (exact) mass is 1180 g/mol. The van der Waals surface area contributed by atoms with E-state index >= 15 is 0 Å². The van der Waals surface area contributed by atoms with Crippen molar-refractivity contribution in [2.75, 3.05) is 45.8 Å². The van der Waals surface area contributed by atoms with Gasteiger partial charge < -0.3 is 35.5 Å². The normalized spacial score (nSPS) is 16.8. The minimum absolute atomic E-state index is 0.0593. The van der Waals surface area contributed by atoms with E-state index in [-0.39, 0.29) is 24.5 Å². The molecule has 10 nitrogen and oxygen atoms in total. The molecule has 0 spiro atoms. The number of aliphatic hydroxyl groups excluding tert-OH is 4. The van der Waals surface area contributed by atoms with Crippen molar-refractivity contribution >= 4 is 11.8 Å². The highest BCUT2D eigenvalue weighted by Gasteiger charge is 2.40. The molecule has 2 amide bonds. The van der Waals surface area contributed by atoms with Crippen molar-refractivity contribution in [1.82, 2.24) is 20.0 Å². The van der Waals surface area contributed by atoms with Crippen molar-refractivity contribution in [3.63, 3.8) is 0 Å². The quantitative estimate of drug-likeness (QED) is 0.0380. The van der Waals surface area contributed by atoms with E-state index in [1.54, 1.807) is 4.90 Å². The van der Waals surface area contributed by atoms with Gasteiger partial charge >= 0.3 is 0 Å². The number of hydrogen-bond donors (Lipinski definition) is 5. The molecule has 0 aliphatic carbocycles. The molecule has 0 aromatic heterocycles. The summed E-state index contributed by atoms with van der Waals surface area (Å²) in [4.78, 5) is 35.4. The van der Waals surface area contributed by atoms with Crippen LogP contribution in [-0.4, -0.2) is 129 Å². The van der Waals surface area contributed by atoms with E-state index < -0.39 is 30.4 Å². The number of nitrogens with one attached hydrogen (secondary N) is 1. The Hall–Kier alpha value is -1.30. The predicted molar refractivity (Wildman–Crippen MR) is 357 cm³/mol. The van der Waals surface area contributed by atoms with Gasteiger partial charge in [0.15, 0.2) is 0 Å². The highest BCUT2D eigenvalue weighted by Crippen LogP contribution is 2.23. The van der Waals surface area contributed by atoms with E-state index in [0.717, 1.165) is 110 Å². The van der Waals surface area contributed by atoms with Gasteiger partial charge in [0.2, 0.25) is 11.8 Å². The van der Waals surface area contributed by atoms with Crippen molar-refractivity contribution in [3.05, 3.63) is 0 Å². The molecule has 1 aliphatic rings. The number of nitrogens with zero attached hydrogens (tertiary/aromatic N) is 3. The second-order valence-electron chi connectivity index (χ2n) is 27.1. The SMILES string of the molecule is CCCCCCCCCCC(C)CN(CCCCC1NC(=O)C(CCCCN(CC(O)CCCCCCCCCC)CC(O)CCCCCCCCCC)N(CC(O)CCCCCCCCCC)C1=O)CC(O)CCCCCCCCCC. The summed E-state index contributed by atoms with van der Waals surface area (Å²) in [6.45, 7) is 18.2. The molecule has 7 atom stereocenters. The molecule has 494 valence electrons. The summed E-state index contributed by atoms with van der Waals surface area (Å²) < 4.78 is 0. The van der Waals surface area contributed by atoms with Gasteiger partial charge in [0.25, 0.3) is 0 Å². The van der Waals surface area contributed by atoms with Gasteiger partial charge in [-0.05, 0) is 89.6 Å². The third kappa shape index (κ3) is 47.4. The number of hydrogen-bond acceptors (Lipinski definition) is 8. The Kier molecular flexibility index (Phi) is 56.1. The first kappa shape index (κ1) is 79.7. The average Bonchev–Trinajstić information content (AvgIpc) is 3.47. The highest BCUT2D eigenvalue weighted by molar-refractivity contribution is 5.97. The first-order chi connectivity index (χ1) is 40.5. The van der Waals surface area contributed by atoms with E-state index in [1.165, 1.54) is 218 Å². The van der Waals surface area contributed by atoms with Crippen LogP contribution in [0.4, 0.5) is 0 Å². The maximum Gasteiger partial charge on any atom is 0.245 e. The molecule has 7 unspecified atom stereocenters. The zero-order chi connectivity index (χ0) is 60.6. The van der Waals surface area contributed by atoms with Crippen molar-refractivity contribution in [2.45, 2.75) is 406 Å². The Morgan fingerprint density at radius 3 is 1.00 bits per heavy atom. The zero-order valence-electron chi connectivity index (χ0n) is 56.5. The Morgan fingerprint density at radius 1 is 0.361 bits per heavy atom. The molecule has 1 aliphatic heterocycles. The number of rotatable bonds is 65. The van der Waals surface area contributed by atoms with Gasteiger partial charge in [0, 0.05) is 32.7 Å². The number of amides is 2. The van der Waals surface area contributed by atoms with Gasteiger partial charge in [-0.1, -0.05) is 298 Å². The highest BCUT2D eigenvalue weighted by atomic mass is 16.3. The summed E-state index contributed by atoms with van der Waals surface area (Å²) in [7, 11) is 0. The van der Waals surface area contributed by atoms with Gasteiger partial charge in [-0.25, -0.2) is 0 Å². The first-order valence-electron chi connectivity index (χ1n) is 37.3. The first-order valence-corrected chi connectivity index (χ1v) is 37.3. The lowest BCUT2D eigenvalue weighted by molar-refractivity contribution is -0.151. The molecule has 0 radical (unpaired) electrons. The summed E-state index contributed by atoms with van der Waals surface area (Å²) in [5.74, 6) is 0.395. The molecule has 0 aromatic rings. The summed E-state index contributed by atoms with van der Waals surface area (Å²) in [6.07, 6.45) is 56.8. The predicted octanol–water partition coefficient (Wildman–Crippen LogP) is 18.4. The van der Waals surface area contributed by atoms with Gasteiger partial charge in [0.05, 0.1) is 24.4 Å². The van der Waals surface area contributed by atoms with E-state index in [1.807, 2.05) is 0 Å². The number of carbonyl (C=O) groups excluding carboxylic acids is 2. The number of carbonyl (C=O) groups is 2. The third-order valence-corrected chi connectivity index (χ3v) is 18.5. The zero-order valence-corrected chi connectivity index (χ0v) is 56.5. The smallest absolute Gasteiger partial charge is 0.245 e. The van der Waals surface area contributed by atoms with Crippen LogP contribution in [0.1, 0.15) is 369 Å². The van der Waals surface area contributed by atoms with Crippen LogP contribution in [0.25, 0.3) is 0 Å². The van der Waals surface area contributed by atoms with Crippen LogP contribution in [0.15, 0.2) is 0 Å². The van der Waals surface area contributed by atoms with Crippen LogP contribution in [0.5, 0.6) is 0 Å². The summed E-state index contributed by atoms with van der Waals surface area (Å²) >= 11 is 0.